The van der Waals surface area contributed by atoms with Gasteiger partial charge >= 0.3 is 153 Å². The van der Waals surface area contributed by atoms with Gasteiger partial charge in [-0.25, -0.2) is 0 Å². The molecule has 0 aromatic carbocycles. The summed E-state index contributed by atoms with van der Waals surface area (Å²) < 4.78 is 33.7. The normalized spacial score (nSPS) is 14.8. The van der Waals surface area contributed by atoms with E-state index in [-0.39, 0.29) is 0 Å². The van der Waals surface area contributed by atoms with Crippen LogP contribution in [0.2, 0.25) is 13.3 Å². The summed E-state index contributed by atoms with van der Waals surface area (Å²) in [6.45, 7) is 8.39. The molecular formula is C20H38F2OSn. The van der Waals surface area contributed by atoms with Crippen LogP contribution in [0, 0.1) is 0 Å². The molecule has 0 aromatic rings. The van der Waals surface area contributed by atoms with Gasteiger partial charge in [-0.1, -0.05) is 0 Å². The Kier molecular flexibility index (Phi) is 13.4. The molecule has 0 aliphatic heterocycles. The first-order valence-corrected chi connectivity index (χ1v) is 17.5. The first-order chi connectivity index (χ1) is 11.4. The molecule has 0 saturated heterocycles. The van der Waals surface area contributed by atoms with Gasteiger partial charge in [0, 0.05) is 0 Å². The third kappa shape index (κ3) is 9.55. The molecule has 4 heteroatoms. The monoisotopic (exact) mass is 452 g/mol. The van der Waals surface area contributed by atoms with Crippen molar-refractivity contribution < 1.29 is 13.9 Å². The zero-order valence-corrected chi connectivity index (χ0v) is 19.0. The maximum atomic E-state index is 14.0. The third-order valence-electron chi connectivity index (χ3n) is 4.69. The molecule has 0 bridgehead atoms. The van der Waals surface area contributed by atoms with Crippen LogP contribution in [0.25, 0.3) is 0 Å². The average molecular weight is 451 g/mol. The molecule has 0 saturated carbocycles. The van der Waals surface area contributed by atoms with Gasteiger partial charge in [-0.05, 0) is 0 Å². The van der Waals surface area contributed by atoms with Crippen molar-refractivity contribution in [3.05, 3.63) is 22.3 Å². The van der Waals surface area contributed by atoms with E-state index in [1.807, 2.05) is 6.92 Å². The van der Waals surface area contributed by atoms with Gasteiger partial charge in [0.15, 0.2) is 0 Å². The van der Waals surface area contributed by atoms with E-state index in [0.29, 0.717) is 6.42 Å². The van der Waals surface area contributed by atoms with Gasteiger partial charge in [0.1, 0.15) is 0 Å². The van der Waals surface area contributed by atoms with Crippen LogP contribution in [-0.4, -0.2) is 35.5 Å². The second-order valence-corrected chi connectivity index (χ2v) is 20.0. The molecule has 0 heterocycles. The van der Waals surface area contributed by atoms with Crippen molar-refractivity contribution in [3.63, 3.8) is 0 Å². The molecule has 0 rings (SSSR count). The first-order valence-electron chi connectivity index (χ1n) is 9.80. The van der Waals surface area contributed by atoms with Gasteiger partial charge in [0.2, 0.25) is 0 Å². The third-order valence-corrected chi connectivity index (χ3v) is 18.8. The Hall–Kier alpha value is 0.0987. The van der Waals surface area contributed by atoms with Crippen LogP contribution >= 0.6 is 0 Å². The summed E-state index contributed by atoms with van der Waals surface area (Å²) in [4.78, 5) is 0. The SMILES string of the molecule is CC/C=C/C(F)(F)C(O)/C=[CH]/[Sn]([CH2]CCC)([CH2]CCC)[CH2]CCC. The minimum absolute atomic E-state index is 0.554. The fourth-order valence-corrected chi connectivity index (χ4v) is 17.3. The molecule has 1 atom stereocenters. The Balaban J connectivity index is 5.25. The summed E-state index contributed by atoms with van der Waals surface area (Å²) >= 11 is -2.59. The summed E-state index contributed by atoms with van der Waals surface area (Å²) in [5.74, 6) is -3.16. The number of aliphatic hydroxyl groups is 1. The fourth-order valence-electron chi connectivity index (χ4n) is 3.01. The van der Waals surface area contributed by atoms with Crippen LogP contribution in [-0.2, 0) is 0 Å². The second-order valence-electron chi connectivity index (χ2n) is 6.96. The topological polar surface area (TPSA) is 20.2 Å². The summed E-state index contributed by atoms with van der Waals surface area (Å²) in [5, 5.41) is 9.99. The summed E-state index contributed by atoms with van der Waals surface area (Å²) in [7, 11) is 0. The summed E-state index contributed by atoms with van der Waals surface area (Å²) in [6, 6.07) is 0. The number of halogens is 2. The Morgan fingerprint density at radius 3 is 1.75 bits per heavy atom. The summed E-state index contributed by atoms with van der Waals surface area (Å²) in [6.07, 6.45) is 9.62. The number of aliphatic hydroxyl groups excluding tert-OH is 1. The predicted molar refractivity (Wildman–Crippen MR) is 104 cm³/mol. The molecule has 1 nitrogen and oxygen atoms in total. The maximum absolute atomic E-state index is 14.0. The number of rotatable bonds is 14. The van der Waals surface area contributed by atoms with Gasteiger partial charge in [0.25, 0.3) is 0 Å². The van der Waals surface area contributed by atoms with Crippen LogP contribution in [0.15, 0.2) is 22.3 Å². The van der Waals surface area contributed by atoms with Gasteiger partial charge in [-0.15, -0.1) is 0 Å². The van der Waals surface area contributed by atoms with Gasteiger partial charge in [-0.2, -0.15) is 0 Å². The quantitative estimate of drug-likeness (QED) is 0.225. The van der Waals surface area contributed by atoms with E-state index < -0.39 is 30.4 Å². The first kappa shape index (κ1) is 24.1. The zero-order chi connectivity index (χ0) is 18.5. The van der Waals surface area contributed by atoms with Crippen molar-refractivity contribution >= 4 is 18.4 Å². The van der Waals surface area contributed by atoms with E-state index in [1.54, 1.807) is 0 Å². The number of hydrogen-bond donors (Lipinski definition) is 1. The van der Waals surface area contributed by atoms with E-state index in [4.69, 9.17) is 0 Å². The van der Waals surface area contributed by atoms with Crippen LogP contribution in [0.5, 0.6) is 0 Å². The van der Waals surface area contributed by atoms with Crippen LogP contribution < -0.4 is 0 Å². The molecule has 0 fully saturated rings. The van der Waals surface area contributed by atoms with Gasteiger partial charge in [0.05, 0.1) is 0 Å². The number of hydrogen-bond acceptors (Lipinski definition) is 1. The Labute approximate surface area is 152 Å². The molecular weight excluding hydrogens is 413 g/mol. The van der Waals surface area contributed by atoms with Crippen molar-refractivity contribution in [2.24, 2.45) is 0 Å². The average Bonchev–Trinajstić information content (AvgIpc) is 2.58. The molecule has 0 aliphatic rings. The predicted octanol–water partition coefficient (Wildman–Crippen LogP) is 6.89. The molecule has 0 aromatic heterocycles. The van der Waals surface area contributed by atoms with Crippen molar-refractivity contribution in [1.29, 1.82) is 0 Å². The van der Waals surface area contributed by atoms with Crippen LogP contribution in [0.4, 0.5) is 8.78 Å². The van der Waals surface area contributed by atoms with E-state index in [1.165, 1.54) is 44.7 Å². The van der Waals surface area contributed by atoms with Gasteiger partial charge < -0.3 is 0 Å². The van der Waals surface area contributed by atoms with E-state index in [0.717, 1.165) is 25.3 Å². The van der Waals surface area contributed by atoms with Crippen molar-refractivity contribution in [2.45, 2.75) is 98.0 Å². The minimum atomic E-state index is -3.16. The Morgan fingerprint density at radius 2 is 1.38 bits per heavy atom. The molecule has 0 radical (unpaired) electrons. The Morgan fingerprint density at radius 1 is 0.917 bits per heavy atom. The van der Waals surface area contributed by atoms with Gasteiger partial charge in [-0.3, -0.25) is 0 Å². The van der Waals surface area contributed by atoms with E-state index >= 15 is 0 Å². The molecule has 142 valence electrons. The fraction of sp³-hybridized carbons (Fsp3) is 0.800. The van der Waals surface area contributed by atoms with Crippen LogP contribution in [0.3, 0.4) is 0 Å². The van der Waals surface area contributed by atoms with Crippen molar-refractivity contribution in [2.75, 3.05) is 0 Å². The molecule has 0 spiro atoms. The number of unbranched alkanes of at least 4 members (excludes halogenated alkanes) is 3. The van der Waals surface area contributed by atoms with E-state index in [9.17, 15) is 13.9 Å². The zero-order valence-electron chi connectivity index (χ0n) is 16.2. The molecule has 1 unspecified atom stereocenters. The standard InChI is InChI=1S/C8H11F2O.3C4H9.Sn/c1-3-5-6-8(9,10)7(11)4-2;3*1-3-4-2;/h2,4-7,11H,3H2,1H3;3*1,3-4H2,2H3;/b4-2?,6-5+;;;;. The Bertz CT molecular complexity index is 345. The van der Waals surface area contributed by atoms with Crippen molar-refractivity contribution in [1.82, 2.24) is 0 Å². The molecule has 0 aliphatic carbocycles. The second kappa shape index (κ2) is 13.3. The summed E-state index contributed by atoms with van der Waals surface area (Å²) in [5.41, 5.74) is 0. The molecule has 1 N–H and O–H groups in total. The van der Waals surface area contributed by atoms with Crippen molar-refractivity contribution in [3.8, 4) is 0 Å². The van der Waals surface area contributed by atoms with Crippen LogP contribution in [0.1, 0.15) is 72.6 Å². The molecule has 0 amide bonds. The molecule has 24 heavy (non-hydrogen) atoms. The number of allylic oxidation sites excluding steroid dienone is 1. The number of alkyl halides is 2. The van der Waals surface area contributed by atoms with E-state index in [2.05, 4.69) is 24.9 Å².